The van der Waals surface area contributed by atoms with Crippen LogP contribution in [0.4, 0.5) is 11.5 Å². The van der Waals surface area contributed by atoms with Gasteiger partial charge in [-0.05, 0) is 37.0 Å². The zero-order valence-corrected chi connectivity index (χ0v) is 18.8. The van der Waals surface area contributed by atoms with Crippen LogP contribution in [0, 0.1) is 17.9 Å². The largest absolute Gasteiger partial charge is 0.488 e. The summed E-state index contributed by atoms with van der Waals surface area (Å²) in [5.74, 6) is 1.29. The summed E-state index contributed by atoms with van der Waals surface area (Å²) in [5.41, 5.74) is 10.4. The molecule has 162 valence electrons. The van der Waals surface area contributed by atoms with Gasteiger partial charge in [-0.25, -0.2) is 14.8 Å². The average Bonchev–Trinajstić information content (AvgIpc) is 3.33. The summed E-state index contributed by atoms with van der Waals surface area (Å²) in [6, 6.07) is 9.43. The second-order valence-electron chi connectivity index (χ2n) is 7.43. The van der Waals surface area contributed by atoms with Gasteiger partial charge in [0, 0.05) is 16.7 Å². The first-order valence-electron chi connectivity index (χ1n) is 10.2. The van der Waals surface area contributed by atoms with Crippen LogP contribution in [-0.2, 0) is 5.75 Å². The number of hydrogen-bond donors (Lipinski definition) is 2. The molecular weight excluding hydrogens is 442 g/mol. The van der Waals surface area contributed by atoms with E-state index in [1.807, 2.05) is 17.5 Å². The Bertz CT molecular complexity index is 1170. The topological polar surface area (TPSA) is 109 Å². The first-order valence-corrected chi connectivity index (χ1v) is 12.1. The molecule has 2 heterocycles. The van der Waals surface area contributed by atoms with Crippen molar-refractivity contribution in [2.45, 2.75) is 48.7 Å². The monoisotopic (exact) mass is 463 g/mol. The number of nitrogens with zero attached hydrogens (tertiary/aromatic N) is 4. The van der Waals surface area contributed by atoms with Gasteiger partial charge in [-0.1, -0.05) is 30.3 Å². The number of aliphatic hydroxyl groups excluding tert-OH is 1. The molecule has 4 rings (SSSR count). The molecule has 0 spiro atoms. The molecule has 7 nitrogen and oxygen atoms in total. The minimum Gasteiger partial charge on any atom is -0.488 e. The van der Waals surface area contributed by atoms with E-state index in [2.05, 4.69) is 20.9 Å². The highest BCUT2D eigenvalue weighted by atomic mass is 32.2. The first kappa shape index (κ1) is 22.1. The highest BCUT2D eigenvalue weighted by molar-refractivity contribution is 7.98. The van der Waals surface area contributed by atoms with Gasteiger partial charge in [-0.3, -0.25) is 0 Å². The molecule has 0 amide bonds. The Hall–Kier alpha value is -3.11. The van der Waals surface area contributed by atoms with Gasteiger partial charge < -0.3 is 15.6 Å². The maximum Gasteiger partial charge on any atom is 0.236 e. The molecule has 3 aromatic rings. The van der Waals surface area contributed by atoms with Gasteiger partial charge in [0.2, 0.25) is 5.69 Å². The van der Waals surface area contributed by atoms with Crippen LogP contribution in [0.25, 0.3) is 16.0 Å². The van der Waals surface area contributed by atoms with Gasteiger partial charge in [-0.15, -0.1) is 11.3 Å². The third-order valence-electron chi connectivity index (χ3n) is 5.33. The van der Waals surface area contributed by atoms with Crippen LogP contribution >= 0.6 is 23.1 Å². The standard InChI is InChI=1S/C23H21N5O2S2/c1-26-21-20(14-6-8-16(9-7-14)30-19-5-3-2-4-18(19)29)17(10-24)23(28-22(21)25)32-12-15-11-31-13-27-15/h6-9,11,13,18-19,29H,2-5,12H2,(H2,25,28)/t18-,19-/m0/s1. The maximum absolute atomic E-state index is 10.2. The molecule has 2 atom stereocenters. The molecule has 3 N–H and O–H groups in total. The zero-order valence-electron chi connectivity index (χ0n) is 17.2. The Morgan fingerprint density at radius 1 is 1.31 bits per heavy atom. The summed E-state index contributed by atoms with van der Waals surface area (Å²) >= 11 is 2.88. The average molecular weight is 464 g/mol. The Kier molecular flexibility index (Phi) is 6.91. The summed E-state index contributed by atoms with van der Waals surface area (Å²) in [4.78, 5) is 12.2. The summed E-state index contributed by atoms with van der Waals surface area (Å²) in [5, 5.41) is 22.5. The number of nitrogen functional groups attached to an aromatic ring is 1. The number of pyridine rings is 1. The fourth-order valence-electron chi connectivity index (χ4n) is 3.71. The minimum absolute atomic E-state index is 0.0976. The third-order valence-corrected chi connectivity index (χ3v) is 6.97. The number of anilines is 1. The summed E-state index contributed by atoms with van der Waals surface area (Å²) < 4.78 is 5.98. The Balaban J connectivity index is 1.65. The number of rotatable bonds is 6. The van der Waals surface area contributed by atoms with Gasteiger partial charge in [-0.2, -0.15) is 5.26 Å². The lowest BCUT2D eigenvalue weighted by Gasteiger charge is -2.28. The summed E-state index contributed by atoms with van der Waals surface area (Å²) in [7, 11) is 0. The zero-order chi connectivity index (χ0) is 22.5. The smallest absolute Gasteiger partial charge is 0.236 e. The second-order valence-corrected chi connectivity index (χ2v) is 9.11. The number of aliphatic hydroxyl groups is 1. The van der Waals surface area contributed by atoms with Crippen molar-refractivity contribution in [3.8, 4) is 22.9 Å². The van der Waals surface area contributed by atoms with E-state index < -0.39 is 6.10 Å². The lowest BCUT2D eigenvalue weighted by Crippen LogP contribution is -2.34. The predicted octanol–water partition coefficient (Wildman–Crippen LogP) is 5.18. The second kappa shape index (κ2) is 10.0. The quantitative estimate of drug-likeness (QED) is 0.383. The van der Waals surface area contributed by atoms with Crippen molar-refractivity contribution in [1.82, 2.24) is 9.97 Å². The van der Waals surface area contributed by atoms with Gasteiger partial charge in [0.15, 0.2) is 0 Å². The lowest BCUT2D eigenvalue weighted by molar-refractivity contribution is 0.00688. The molecule has 0 unspecified atom stereocenters. The Labute approximate surface area is 194 Å². The molecule has 1 aromatic carbocycles. The molecule has 0 aliphatic heterocycles. The normalized spacial score (nSPS) is 18.0. The molecule has 1 saturated carbocycles. The number of aromatic nitrogens is 2. The number of nitrogens with two attached hydrogens (primary N) is 1. The predicted molar refractivity (Wildman–Crippen MR) is 126 cm³/mol. The molecule has 0 radical (unpaired) electrons. The highest BCUT2D eigenvalue weighted by Gasteiger charge is 2.25. The number of ether oxygens (including phenoxy) is 1. The number of benzene rings is 1. The molecule has 1 fully saturated rings. The van der Waals surface area contributed by atoms with Gasteiger partial charge in [0.1, 0.15) is 28.8 Å². The van der Waals surface area contributed by atoms with Crippen LogP contribution in [0.2, 0.25) is 0 Å². The number of hydrogen-bond acceptors (Lipinski definition) is 8. The van der Waals surface area contributed by atoms with E-state index >= 15 is 0 Å². The van der Waals surface area contributed by atoms with Gasteiger partial charge in [0.05, 0.1) is 29.4 Å². The van der Waals surface area contributed by atoms with Crippen LogP contribution in [0.5, 0.6) is 5.75 Å². The summed E-state index contributed by atoms with van der Waals surface area (Å²) in [6.07, 6.45) is 2.96. The lowest BCUT2D eigenvalue weighted by atomic mass is 9.95. The van der Waals surface area contributed by atoms with E-state index in [0.717, 1.165) is 31.4 Å². The van der Waals surface area contributed by atoms with E-state index in [4.69, 9.17) is 17.0 Å². The molecule has 0 saturated heterocycles. The van der Waals surface area contributed by atoms with Crippen LogP contribution in [0.15, 0.2) is 40.2 Å². The van der Waals surface area contributed by atoms with Crippen molar-refractivity contribution < 1.29 is 9.84 Å². The Morgan fingerprint density at radius 2 is 2.09 bits per heavy atom. The summed E-state index contributed by atoms with van der Waals surface area (Å²) in [6.45, 7) is 7.59. The Morgan fingerprint density at radius 3 is 2.75 bits per heavy atom. The number of nitriles is 1. The van der Waals surface area contributed by atoms with Crippen LogP contribution in [-0.4, -0.2) is 27.3 Å². The fourth-order valence-corrected chi connectivity index (χ4v) is 5.28. The molecule has 0 bridgehead atoms. The van der Waals surface area contributed by atoms with Crippen molar-refractivity contribution in [2.75, 3.05) is 5.73 Å². The van der Waals surface area contributed by atoms with E-state index in [1.54, 1.807) is 17.6 Å². The SMILES string of the molecule is [C-]#[N+]c1c(N)nc(SCc2cscn2)c(C#N)c1-c1ccc(O[C@H]2CCCC[C@@H]2O)cc1. The van der Waals surface area contributed by atoms with Crippen molar-refractivity contribution >= 4 is 34.6 Å². The maximum atomic E-state index is 10.2. The van der Waals surface area contributed by atoms with Crippen molar-refractivity contribution in [3.63, 3.8) is 0 Å². The van der Waals surface area contributed by atoms with Gasteiger partial charge >= 0.3 is 0 Å². The minimum atomic E-state index is -0.459. The molecule has 9 heteroatoms. The van der Waals surface area contributed by atoms with Crippen molar-refractivity contribution in [3.05, 3.63) is 57.8 Å². The van der Waals surface area contributed by atoms with E-state index in [9.17, 15) is 10.4 Å². The van der Waals surface area contributed by atoms with Crippen LogP contribution in [0.1, 0.15) is 36.9 Å². The first-order chi connectivity index (χ1) is 15.6. The van der Waals surface area contributed by atoms with E-state index in [0.29, 0.717) is 33.2 Å². The molecule has 1 aliphatic carbocycles. The molecule has 32 heavy (non-hydrogen) atoms. The highest BCUT2D eigenvalue weighted by Crippen LogP contribution is 2.42. The van der Waals surface area contributed by atoms with E-state index in [1.165, 1.54) is 23.1 Å². The van der Waals surface area contributed by atoms with Crippen LogP contribution in [0.3, 0.4) is 0 Å². The fraction of sp³-hybridized carbons (Fsp3) is 0.304. The molecule has 1 aliphatic rings. The van der Waals surface area contributed by atoms with Crippen molar-refractivity contribution in [2.24, 2.45) is 0 Å². The van der Waals surface area contributed by atoms with E-state index in [-0.39, 0.29) is 17.6 Å². The van der Waals surface area contributed by atoms with Crippen molar-refractivity contribution in [1.29, 1.82) is 5.26 Å². The van der Waals surface area contributed by atoms with Gasteiger partial charge in [0.25, 0.3) is 0 Å². The molecular formula is C23H21N5O2S2. The number of thiazole rings is 1. The third kappa shape index (κ3) is 4.71. The van der Waals surface area contributed by atoms with Crippen LogP contribution < -0.4 is 10.5 Å². The number of thioether (sulfide) groups is 1. The molecule has 2 aromatic heterocycles.